The maximum Gasteiger partial charge on any atom is 0.243 e. The number of unbranched alkanes of at least 4 members (excludes halogenated alkanes) is 1. The van der Waals surface area contributed by atoms with E-state index in [1.807, 2.05) is 0 Å². The predicted octanol–water partition coefficient (Wildman–Crippen LogP) is 2.92. The first kappa shape index (κ1) is 11.3. The molecule has 0 aliphatic heterocycles. The van der Waals surface area contributed by atoms with Crippen LogP contribution in [-0.2, 0) is 0 Å². The Bertz CT molecular complexity index is 330. The van der Waals surface area contributed by atoms with Crippen LogP contribution in [0.4, 0.5) is 0 Å². The van der Waals surface area contributed by atoms with Crippen molar-refractivity contribution in [3.05, 3.63) is 4.88 Å². The molecule has 3 nitrogen and oxygen atoms in total. The van der Waals surface area contributed by atoms with Crippen LogP contribution >= 0.6 is 23.1 Å². The number of methoxy groups -OCH3 is 1. The van der Waals surface area contributed by atoms with Gasteiger partial charge in [0.25, 0.3) is 0 Å². The summed E-state index contributed by atoms with van der Waals surface area (Å²) in [5.74, 6) is 1.51. The van der Waals surface area contributed by atoms with Gasteiger partial charge in [0.15, 0.2) is 9.22 Å². The lowest BCUT2D eigenvalue weighted by molar-refractivity contribution is 0.397. The zero-order valence-electron chi connectivity index (χ0n) is 8.24. The number of hydrogen-bond acceptors (Lipinski definition) is 5. The van der Waals surface area contributed by atoms with E-state index in [-0.39, 0.29) is 0 Å². The summed E-state index contributed by atoms with van der Waals surface area (Å²) >= 11 is 3.09. The van der Waals surface area contributed by atoms with Crippen molar-refractivity contribution in [1.82, 2.24) is 4.98 Å². The lowest BCUT2D eigenvalue weighted by Gasteiger charge is -1.93. The van der Waals surface area contributed by atoms with Crippen molar-refractivity contribution in [2.45, 2.75) is 24.1 Å². The quantitative estimate of drug-likeness (QED) is 0.574. The summed E-state index contributed by atoms with van der Waals surface area (Å²) < 4.78 is 5.91. The van der Waals surface area contributed by atoms with Crippen molar-refractivity contribution >= 4 is 23.1 Å². The third-order valence-electron chi connectivity index (χ3n) is 1.59. The Morgan fingerprint density at radius 2 is 2.43 bits per heavy atom. The molecule has 0 aliphatic carbocycles. The van der Waals surface area contributed by atoms with E-state index < -0.39 is 0 Å². The molecule has 5 heteroatoms. The molecule has 0 spiro atoms. The van der Waals surface area contributed by atoms with E-state index in [4.69, 9.17) is 10.00 Å². The van der Waals surface area contributed by atoms with Crippen LogP contribution in [0.2, 0.25) is 0 Å². The summed E-state index contributed by atoms with van der Waals surface area (Å²) in [5, 5.41) is 8.77. The molecule has 0 saturated carbocycles. The standard InChI is InChI=1S/C9H12N2OS2/c1-3-4-5-13-9-11-8(12-2)7(6-10)14-9/h3-5H2,1-2H3. The van der Waals surface area contributed by atoms with Gasteiger partial charge in [-0.1, -0.05) is 36.4 Å². The van der Waals surface area contributed by atoms with Crippen LogP contribution in [0.15, 0.2) is 4.34 Å². The van der Waals surface area contributed by atoms with E-state index in [1.165, 1.54) is 31.3 Å². The zero-order valence-corrected chi connectivity index (χ0v) is 9.87. The van der Waals surface area contributed by atoms with Crippen LogP contribution < -0.4 is 4.74 Å². The van der Waals surface area contributed by atoms with Gasteiger partial charge in [0, 0.05) is 5.75 Å². The molecular weight excluding hydrogens is 216 g/mol. The van der Waals surface area contributed by atoms with E-state index in [0.29, 0.717) is 10.8 Å². The van der Waals surface area contributed by atoms with Crippen molar-refractivity contribution in [1.29, 1.82) is 5.26 Å². The first-order chi connectivity index (χ1) is 6.81. The second kappa shape index (κ2) is 5.89. The third kappa shape index (κ3) is 2.89. The number of rotatable bonds is 5. The van der Waals surface area contributed by atoms with Gasteiger partial charge in [0.05, 0.1) is 7.11 Å². The van der Waals surface area contributed by atoms with Crippen molar-refractivity contribution in [3.63, 3.8) is 0 Å². The van der Waals surface area contributed by atoms with Gasteiger partial charge >= 0.3 is 0 Å². The Morgan fingerprint density at radius 1 is 1.64 bits per heavy atom. The molecule has 0 atom stereocenters. The van der Waals surface area contributed by atoms with Gasteiger partial charge in [-0.2, -0.15) is 10.2 Å². The van der Waals surface area contributed by atoms with Crippen LogP contribution in [0.3, 0.4) is 0 Å². The number of nitriles is 1. The molecule has 0 amide bonds. The molecule has 1 aromatic heterocycles. The lowest BCUT2D eigenvalue weighted by Crippen LogP contribution is -1.84. The van der Waals surface area contributed by atoms with Crippen LogP contribution in [0.1, 0.15) is 24.6 Å². The lowest BCUT2D eigenvalue weighted by atomic mass is 10.4. The van der Waals surface area contributed by atoms with Crippen LogP contribution in [0.5, 0.6) is 5.88 Å². The van der Waals surface area contributed by atoms with Crippen molar-refractivity contribution in [2.24, 2.45) is 0 Å². The minimum absolute atomic E-state index is 0.455. The van der Waals surface area contributed by atoms with Crippen molar-refractivity contribution in [2.75, 3.05) is 12.9 Å². The number of aromatic nitrogens is 1. The fourth-order valence-electron chi connectivity index (χ4n) is 0.862. The van der Waals surface area contributed by atoms with E-state index in [1.54, 1.807) is 11.8 Å². The number of hydrogen-bond donors (Lipinski definition) is 0. The highest BCUT2D eigenvalue weighted by atomic mass is 32.2. The summed E-state index contributed by atoms with van der Waals surface area (Å²) in [7, 11) is 1.54. The normalized spacial score (nSPS) is 9.79. The molecule has 14 heavy (non-hydrogen) atoms. The first-order valence-electron chi connectivity index (χ1n) is 4.39. The maximum absolute atomic E-state index is 8.77. The van der Waals surface area contributed by atoms with Gasteiger partial charge in [-0.25, -0.2) is 0 Å². The SMILES string of the molecule is CCCCSc1nc(OC)c(C#N)s1. The number of nitrogens with zero attached hydrogens (tertiary/aromatic N) is 2. The zero-order chi connectivity index (χ0) is 10.4. The molecule has 0 aromatic carbocycles. The molecular formula is C9H12N2OS2. The number of thioether (sulfide) groups is 1. The van der Waals surface area contributed by atoms with Crippen molar-refractivity contribution in [3.8, 4) is 11.9 Å². The molecule has 1 rings (SSSR count). The minimum Gasteiger partial charge on any atom is -0.479 e. The molecule has 0 unspecified atom stereocenters. The number of ether oxygens (including phenoxy) is 1. The Kier molecular flexibility index (Phi) is 4.77. The Hall–Kier alpha value is -0.730. The molecule has 0 bridgehead atoms. The van der Waals surface area contributed by atoms with E-state index in [2.05, 4.69) is 18.0 Å². The van der Waals surface area contributed by atoms with Gasteiger partial charge in [-0.3, -0.25) is 0 Å². The van der Waals surface area contributed by atoms with Crippen molar-refractivity contribution < 1.29 is 4.74 Å². The molecule has 0 aliphatic rings. The average Bonchev–Trinajstić information content (AvgIpc) is 2.61. The van der Waals surface area contributed by atoms with Crippen LogP contribution in [-0.4, -0.2) is 17.8 Å². The second-order valence-electron chi connectivity index (χ2n) is 2.63. The molecule has 0 saturated heterocycles. The van der Waals surface area contributed by atoms with Crippen LogP contribution in [0, 0.1) is 11.3 Å². The Balaban J connectivity index is 2.61. The highest BCUT2D eigenvalue weighted by Crippen LogP contribution is 2.31. The molecule has 0 fully saturated rings. The summed E-state index contributed by atoms with van der Waals surface area (Å²) in [5.41, 5.74) is 0. The average molecular weight is 228 g/mol. The first-order valence-corrected chi connectivity index (χ1v) is 6.19. The maximum atomic E-state index is 8.77. The summed E-state index contributed by atoms with van der Waals surface area (Å²) in [6.07, 6.45) is 2.36. The predicted molar refractivity (Wildman–Crippen MR) is 59.0 cm³/mol. The van der Waals surface area contributed by atoms with Gasteiger partial charge in [0.2, 0.25) is 5.88 Å². The van der Waals surface area contributed by atoms with E-state index in [0.717, 1.165) is 10.1 Å². The second-order valence-corrected chi connectivity index (χ2v) is 4.97. The molecule has 0 N–H and O–H groups in total. The largest absolute Gasteiger partial charge is 0.479 e. The third-order valence-corrected chi connectivity index (χ3v) is 3.77. The smallest absolute Gasteiger partial charge is 0.243 e. The van der Waals surface area contributed by atoms with E-state index >= 15 is 0 Å². The molecule has 1 heterocycles. The highest BCUT2D eigenvalue weighted by Gasteiger charge is 2.10. The fourth-order valence-corrected chi connectivity index (χ4v) is 2.92. The van der Waals surface area contributed by atoms with Gasteiger partial charge in [-0.15, -0.1) is 0 Å². The van der Waals surface area contributed by atoms with Gasteiger partial charge < -0.3 is 4.74 Å². The Labute approximate surface area is 92.1 Å². The molecule has 1 aromatic rings. The van der Waals surface area contributed by atoms with E-state index in [9.17, 15) is 0 Å². The minimum atomic E-state index is 0.455. The molecule has 0 radical (unpaired) electrons. The van der Waals surface area contributed by atoms with Gasteiger partial charge in [0.1, 0.15) is 6.07 Å². The number of thiazole rings is 1. The topological polar surface area (TPSA) is 45.9 Å². The van der Waals surface area contributed by atoms with Gasteiger partial charge in [-0.05, 0) is 6.42 Å². The Morgan fingerprint density at radius 3 is 2.93 bits per heavy atom. The summed E-state index contributed by atoms with van der Waals surface area (Å²) in [4.78, 5) is 4.77. The summed E-state index contributed by atoms with van der Waals surface area (Å²) in [6, 6.07) is 2.07. The summed E-state index contributed by atoms with van der Waals surface area (Å²) in [6.45, 7) is 2.16. The highest BCUT2D eigenvalue weighted by molar-refractivity contribution is 8.01. The monoisotopic (exact) mass is 228 g/mol. The molecule has 76 valence electrons. The van der Waals surface area contributed by atoms with Crippen LogP contribution in [0.25, 0.3) is 0 Å². The fraction of sp³-hybridized carbons (Fsp3) is 0.556.